The molecule has 2 aliphatic rings. The van der Waals surface area contributed by atoms with E-state index >= 15 is 0 Å². The predicted octanol–water partition coefficient (Wildman–Crippen LogP) is 2.08. The minimum absolute atomic E-state index is 0.173. The van der Waals surface area contributed by atoms with Crippen LogP contribution < -0.4 is 10.1 Å². The number of methoxy groups -OCH3 is 1. The molecule has 1 aromatic carbocycles. The van der Waals surface area contributed by atoms with Crippen LogP contribution >= 0.6 is 0 Å². The minimum Gasteiger partial charge on any atom is -0.497 e. The third kappa shape index (κ3) is 4.11. The SMILES string of the molecule is COc1ccc(CC(=O)N2CCC[C@H](c3ncc4c(n3)CCNC4)C2)cc1. The van der Waals surface area contributed by atoms with Crippen LogP contribution in [0.4, 0.5) is 0 Å². The zero-order chi connectivity index (χ0) is 18.6. The summed E-state index contributed by atoms with van der Waals surface area (Å²) in [6, 6.07) is 7.71. The van der Waals surface area contributed by atoms with Crippen LogP contribution in [-0.2, 0) is 24.2 Å². The standard InChI is InChI=1S/C21H26N4O2/c1-27-18-6-4-15(5-7-18)11-20(26)25-10-2-3-16(14-25)21-23-13-17-12-22-9-8-19(17)24-21/h4-7,13,16,22H,2-3,8-12,14H2,1H3/t16-/m0/s1. The number of rotatable bonds is 4. The molecule has 0 bridgehead atoms. The van der Waals surface area contributed by atoms with E-state index in [1.54, 1.807) is 7.11 Å². The highest BCUT2D eigenvalue weighted by Crippen LogP contribution is 2.26. The highest BCUT2D eigenvalue weighted by molar-refractivity contribution is 5.79. The Bertz CT molecular complexity index is 806. The average molecular weight is 366 g/mol. The van der Waals surface area contributed by atoms with Gasteiger partial charge in [0.1, 0.15) is 11.6 Å². The molecule has 1 amide bonds. The van der Waals surface area contributed by atoms with E-state index in [0.29, 0.717) is 13.0 Å². The first-order valence-electron chi connectivity index (χ1n) is 9.69. The molecule has 1 saturated heterocycles. The van der Waals surface area contributed by atoms with Gasteiger partial charge in [-0.3, -0.25) is 4.79 Å². The number of aromatic nitrogens is 2. The molecule has 0 saturated carbocycles. The number of likely N-dealkylation sites (tertiary alicyclic amines) is 1. The molecular formula is C21H26N4O2. The number of hydrogen-bond donors (Lipinski definition) is 1. The molecule has 3 heterocycles. The van der Waals surface area contributed by atoms with Gasteiger partial charge >= 0.3 is 0 Å². The van der Waals surface area contributed by atoms with Gasteiger partial charge in [-0.05, 0) is 30.5 Å². The lowest BCUT2D eigenvalue weighted by Gasteiger charge is -2.32. The number of nitrogens with one attached hydrogen (secondary N) is 1. The van der Waals surface area contributed by atoms with Crippen LogP contribution in [0.1, 0.15) is 41.4 Å². The Labute approximate surface area is 160 Å². The predicted molar refractivity (Wildman–Crippen MR) is 103 cm³/mol. The van der Waals surface area contributed by atoms with E-state index in [2.05, 4.69) is 10.3 Å². The van der Waals surface area contributed by atoms with Gasteiger partial charge in [0.05, 0.1) is 13.5 Å². The monoisotopic (exact) mass is 366 g/mol. The van der Waals surface area contributed by atoms with E-state index in [-0.39, 0.29) is 11.8 Å². The molecule has 1 atom stereocenters. The number of carbonyl (C=O) groups excluding carboxylic acids is 1. The molecule has 0 spiro atoms. The topological polar surface area (TPSA) is 67.3 Å². The Morgan fingerprint density at radius 1 is 1.33 bits per heavy atom. The van der Waals surface area contributed by atoms with Gasteiger partial charge in [-0.2, -0.15) is 0 Å². The minimum atomic E-state index is 0.173. The first kappa shape index (κ1) is 17.9. The van der Waals surface area contributed by atoms with Gasteiger partial charge in [-0.1, -0.05) is 12.1 Å². The Morgan fingerprint density at radius 3 is 3.00 bits per heavy atom. The van der Waals surface area contributed by atoms with Crippen molar-refractivity contribution in [1.82, 2.24) is 20.2 Å². The lowest BCUT2D eigenvalue weighted by Crippen LogP contribution is -2.40. The van der Waals surface area contributed by atoms with Crippen molar-refractivity contribution in [3.05, 3.63) is 53.1 Å². The molecule has 6 nitrogen and oxygen atoms in total. The van der Waals surface area contributed by atoms with Crippen molar-refractivity contribution < 1.29 is 9.53 Å². The third-order valence-electron chi connectivity index (χ3n) is 5.48. The summed E-state index contributed by atoms with van der Waals surface area (Å²) < 4.78 is 5.18. The summed E-state index contributed by atoms with van der Waals surface area (Å²) in [5.74, 6) is 2.12. The zero-order valence-corrected chi connectivity index (χ0v) is 15.8. The van der Waals surface area contributed by atoms with Gasteiger partial charge in [0.25, 0.3) is 0 Å². The number of benzene rings is 1. The fourth-order valence-corrected chi connectivity index (χ4v) is 3.89. The molecule has 1 fully saturated rings. The van der Waals surface area contributed by atoms with Crippen LogP contribution in [0.3, 0.4) is 0 Å². The normalized spacial score (nSPS) is 19.4. The van der Waals surface area contributed by atoms with Crippen LogP contribution in [0, 0.1) is 0 Å². The van der Waals surface area contributed by atoms with E-state index in [9.17, 15) is 4.79 Å². The molecule has 0 radical (unpaired) electrons. The highest BCUT2D eigenvalue weighted by Gasteiger charge is 2.27. The molecule has 2 aliphatic heterocycles. The summed E-state index contributed by atoms with van der Waals surface area (Å²) >= 11 is 0. The molecular weight excluding hydrogens is 340 g/mol. The second kappa shape index (κ2) is 8.05. The van der Waals surface area contributed by atoms with Crippen molar-refractivity contribution in [2.45, 2.75) is 38.1 Å². The molecule has 2 aromatic rings. The maximum absolute atomic E-state index is 12.8. The molecule has 1 N–H and O–H groups in total. The third-order valence-corrected chi connectivity index (χ3v) is 5.48. The lowest BCUT2D eigenvalue weighted by molar-refractivity contribution is -0.131. The highest BCUT2D eigenvalue weighted by atomic mass is 16.5. The first-order valence-corrected chi connectivity index (χ1v) is 9.69. The van der Waals surface area contributed by atoms with Gasteiger partial charge in [0.2, 0.25) is 5.91 Å². The summed E-state index contributed by atoms with van der Waals surface area (Å²) in [5.41, 5.74) is 3.38. The molecule has 27 heavy (non-hydrogen) atoms. The number of amides is 1. The van der Waals surface area contributed by atoms with Crippen LogP contribution in [0.2, 0.25) is 0 Å². The number of ether oxygens (including phenoxy) is 1. The Hall–Kier alpha value is -2.47. The molecule has 6 heteroatoms. The van der Waals surface area contributed by atoms with Crippen molar-refractivity contribution >= 4 is 5.91 Å². The first-order chi connectivity index (χ1) is 13.2. The average Bonchev–Trinajstić information content (AvgIpc) is 2.74. The Balaban J connectivity index is 1.42. The smallest absolute Gasteiger partial charge is 0.227 e. The second-order valence-electron chi connectivity index (χ2n) is 7.33. The summed E-state index contributed by atoms with van der Waals surface area (Å²) in [5, 5.41) is 3.35. The number of carbonyl (C=O) groups is 1. The largest absolute Gasteiger partial charge is 0.497 e. The quantitative estimate of drug-likeness (QED) is 0.897. The maximum Gasteiger partial charge on any atom is 0.227 e. The van der Waals surface area contributed by atoms with Crippen molar-refractivity contribution in [2.75, 3.05) is 26.7 Å². The van der Waals surface area contributed by atoms with Crippen LogP contribution in [0.15, 0.2) is 30.5 Å². The van der Waals surface area contributed by atoms with E-state index in [1.807, 2.05) is 35.4 Å². The number of fused-ring (bicyclic) bond motifs is 1. The Morgan fingerprint density at radius 2 is 2.19 bits per heavy atom. The molecule has 0 unspecified atom stereocenters. The van der Waals surface area contributed by atoms with E-state index in [0.717, 1.165) is 56.0 Å². The van der Waals surface area contributed by atoms with Crippen molar-refractivity contribution in [2.24, 2.45) is 0 Å². The van der Waals surface area contributed by atoms with Gasteiger partial charge < -0.3 is 15.0 Å². The van der Waals surface area contributed by atoms with Crippen LogP contribution in [0.5, 0.6) is 5.75 Å². The summed E-state index contributed by atoms with van der Waals surface area (Å²) in [7, 11) is 1.65. The number of piperidine rings is 1. The molecule has 4 rings (SSSR count). The second-order valence-corrected chi connectivity index (χ2v) is 7.33. The lowest BCUT2D eigenvalue weighted by atomic mass is 9.96. The van der Waals surface area contributed by atoms with Crippen molar-refractivity contribution in [3.8, 4) is 5.75 Å². The van der Waals surface area contributed by atoms with Gasteiger partial charge in [0, 0.05) is 56.0 Å². The number of nitrogens with zero attached hydrogens (tertiary/aromatic N) is 3. The van der Waals surface area contributed by atoms with E-state index in [1.165, 1.54) is 11.3 Å². The summed E-state index contributed by atoms with van der Waals surface area (Å²) in [6.45, 7) is 3.36. The maximum atomic E-state index is 12.8. The fraction of sp³-hybridized carbons (Fsp3) is 0.476. The fourth-order valence-electron chi connectivity index (χ4n) is 3.89. The van der Waals surface area contributed by atoms with Crippen LogP contribution in [0.25, 0.3) is 0 Å². The Kier molecular flexibility index (Phi) is 5.34. The van der Waals surface area contributed by atoms with Gasteiger partial charge in [-0.15, -0.1) is 0 Å². The summed E-state index contributed by atoms with van der Waals surface area (Å²) in [4.78, 5) is 24.2. The number of hydrogen-bond acceptors (Lipinski definition) is 5. The van der Waals surface area contributed by atoms with E-state index in [4.69, 9.17) is 9.72 Å². The van der Waals surface area contributed by atoms with Gasteiger partial charge in [0.15, 0.2) is 0 Å². The van der Waals surface area contributed by atoms with Crippen molar-refractivity contribution in [3.63, 3.8) is 0 Å². The zero-order valence-electron chi connectivity index (χ0n) is 15.8. The van der Waals surface area contributed by atoms with Crippen LogP contribution in [-0.4, -0.2) is 47.5 Å². The van der Waals surface area contributed by atoms with Crippen molar-refractivity contribution in [1.29, 1.82) is 0 Å². The molecule has 0 aliphatic carbocycles. The molecule has 1 aromatic heterocycles. The molecule has 142 valence electrons. The summed E-state index contributed by atoms with van der Waals surface area (Å²) in [6.07, 6.45) is 5.39. The van der Waals surface area contributed by atoms with Gasteiger partial charge in [-0.25, -0.2) is 9.97 Å². The van der Waals surface area contributed by atoms with E-state index < -0.39 is 0 Å².